The van der Waals surface area contributed by atoms with Gasteiger partial charge < -0.3 is 4.74 Å². The zero-order chi connectivity index (χ0) is 11.4. The lowest BCUT2D eigenvalue weighted by molar-refractivity contribution is -0.139. The van der Waals surface area contributed by atoms with E-state index in [1.807, 2.05) is 13.8 Å². The molecule has 0 aliphatic heterocycles. The van der Waals surface area contributed by atoms with E-state index >= 15 is 0 Å². The molecule has 0 aromatic carbocycles. The normalized spacial score (nSPS) is 16.4. The molecule has 1 atom stereocenters. The van der Waals surface area contributed by atoms with Crippen molar-refractivity contribution in [3.8, 4) is 0 Å². The third kappa shape index (κ3) is 4.23. The van der Waals surface area contributed by atoms with Gasteiger partial charge in [0.25, 0.3) is 0 Å². The van der Waals surface area contributed by atoms with Crippen LogP contribution in [0.4, 0.5) is 0 Å². The highest BCUT2D eigenvalue weighted by molar-refractivity contribution is 5.86. The first-order valence-electron chi connectivity index (χ1n) is 5.33. The van der Waals surface area contributed by atoms with Crippen LogP contribution in [0.1, 0.15) is 53.9 Å². The van der Waals surface area contributed by atoms with Crippen LogP contribution in [0.2, 0.25) is 0 Å². The van der Waals surface area contributed by atoms with Gasteiger partial charge in [-0.3, -0.25) is 4.79 Å². The molecule has 0 aliphatic rings. The second-order valence-electron chi connectivity index (χ2n) is 5.27. The fraction of sp³-hybridized carbons (Fsp3) is 0.917. The minimum Gasteiger partial charge on any atom is -0.371 e. The second-order valence-corrected chi connectivity index (χ2v) is 5.27. The lowest BCUT2D eigenvalue weighted by Gasteiger charge is -2.26. The molecule has 0 fully saturated rings. The number of rotatable bonds is 5. The quantitative estimate of drug-likeness (QED) is 0.681. The molecule has 0 saturated heterocycles. The second kappa shape index (κ2) is 4.92. The van der Waals surface area contributed by atoms with E-state index in [1.54, 1.807) is 7.11 Å². The van der Waals surface area contributed by atoms with Crippen LogP contribution in [-0.4, -0.2) is 18.5 Å². The van der Waals surface area contributed by atoms with Crippen LogP contribution >= 0.6 is 0 Å². The van der Waals surface area contributed by atoms with Crippen molar-refractivity contribution in [2.75, 3.05) is 7.11 Å². The zero-order valence-electron chi connectivity index (χ0n) is 10.4. The lowest BCUT2D eigenvalue weighted by atomic mass is 9.85. The number of carbonyl (C=O) groups excluding carboxylic acids is 1. The minimum atomic E-state index is -0.578. The maximum absolute atomic E-state index is 11.8. The molecule has 0 aromatic rings. The molecule has 0 heterocycles. The van der Waals surface area contributed by atoms with Crippen molar-refractivity contribution in [1.82, 2.24) is 0 Å². The summed E-state index contributed by atoms with van der Waals surface area (Å²) >= 11 is 0. The fourth-order valence-corrected chi connectivity index (χ4v) is 1.21. The van der Waals surface area contributed by atoms with Crippen LogP contribution in [0.3, 0.4) is 0 Å². The average molecular weight is 200 g/mol. The lowest BCUT2D eigenvalue weighted by Crippen LogP contribution is -2.37. The molecule has 0 rings (SSSR count). The van der Waals surface area contributed by atoms with Crippen molar-refractivity contribution in [2.45, 2.75) is 59.5 Å². The number of carbonyl (C=O) groups is 1. The van der Waals surface area contributed by atoms with Gasteiger partial charge in [0.1, 0.15) is 5.60 Å². The van der Waals surface area contributed by atoms with Crippen LogP contribution in [0.25, 0.3) is 0 Å². The molecular weight excluding hydrogens is 176 g/mol. The standard InChI is InChI=1S/C12H24O2/c1-7-12(5,14-6)10(13)8-9-11(2,3)4/h7-9H2,1-6H3. The molecular formula is C12H24O2. The molecule has 0 aromatic heterocycles. The number of hydrogen-bond acceptors (Lipinski definition) is 2. The Labute approximate surface area is 88.0 Å². The summed E-state index contributed by atoms with van der Waals surface area (Å²) in [5, 5.41) is 0. The Kier molecular flexibility index (Phi) is 4.79. The van der Waals surface area contributed by atoms with Crippen molar-refractivity contribution >= 4 is 5.78 Å². The van der Waals surface area contributed by atoms with Crippen LogP contribution in [0.5, 0.6) is 0 Å². The average Bonchev–Trinajstić information content (AvgIpc) is 2.11. The molecule has 1 unspecified atom stereocenters. The SMILES string of the molecule is CCC(C)(OC)C(=O)CCC(C)(C)C. The molecule has 0 bridgehead atoms. The van der Waals surface area contributed by atoms with Gasteiger partial charge in [0, 0.05) is 13.5 Å². The Morgan fingerprint density at radius 1 is 1.21 bits per heavy atom. The van der Waals surface area contributed by atoms with Crippen molar-refractivity contribution < 1.29 is 9.53 Å². The molecule has 2 nitrogen and oxygen atoms in total. The third-order valence-corrected chi connectivity index (χ3v) is 2.82. The molecule has 14 heavy (non-hydrogen) atoms. The van der Waals surface area contributed by atoms with E-state index in [-0.39, 0.29) is 11.2 Å². The fourth-order valence-electron chi connectivity index (χ4n) is 1.21. The van der Waals surface area contributed by atoms with Gasteiger partial charge in [-0.05, 0) is 25.2 Å². The molecule has 0 aliphatic carbocycles. The Morgan fingerprint density at radius 3 is 2.00 bits per heavy atom. The van der Waals surface area contributed by atoms with Gasteiger partial charge >= 0.3 is 0 Å². The number of ether oxygens (including phenoxy) is 1. The number of methoxy groups -OCH3 is 1. The summed E-state index contributed by atoms with van der Waals surface area (Å²) < 4.78 is 5.26. The van der Waals surface area contributed by atoms with E-state index in [0.29, 0.717) is 6.42 Å². The van der Waals surface area contributed by atoms with Crippen molar-refractivity contribution in [1.29, 1.82) is 0 Å². The van der Waals surface area contributed by atoms with Crippen molar-refractivity contribution in [3.63, 3.8) is 0 Å². The van der Waals surface area contributed by atoms with E-state index in [4.69, 9.17) is 4.74 Å². The molecule has 0 N–H and O–H groups in total. The van der Waals surface area contributed by atoms with E-state index < -0.39 is 5.60 Å². The van der Waals surface area contributed by atoms with E-state index in [9.17, 15) is 4.79 Å². The highest BCUT2D eigenvalue weighted by atomic mass is 16.5. The largest absolute Gasteiger partial charge is 0.371 e. The Hall–Kier alpha value is -0.370. The maximum Gasteiger partial charge on any atom is 0.164 e. The van der Waals surface area contributed by atoms with Gasteiger partial charge in [-0.1, -0.05) is 27.7 Å². The summed E-state index contributed by atoms with van der Waals surface area (Å²) in [6.07, 6.45) is 2.28. The van der Waals surface area contributed by atoms with Crippen LogP contribution < -0.4 is 0 Å². The Morgan fingerprint density at radius 2 is 1.71 bits per heavy atom. The van der Waals surface area contributed by atoms with Gasteiger partial charge in [-0.25, -0.2) is 0 Å². The minimum absolute atomic E-state index is 0.220. The summed E-state index contributed by atoms with van der Waals surface area (Å²) in [5.41, 5.74) is -0.358. The van der Waals surface area contributed by atoms with Crippen LogP contribution in [-0.2, 0) is 9.53 Å². The molecule has 0 spiro atoms. The highest BCUT2D eigenvalue weighted by Gasteiger charge is 2.30. The molecule has 0 amide bonds. The van der Waals surface area contributed by atoms with Crippen LogP contribution in [0, 0.1) is 5.41 Å². The summed E-state index contributed by atoms with van der Waals surface area (Å²) in [6.45, 7) is 10.3. The molecule has 84 valence electrons. The predicted molar refractivity (Wildman–Crippen MR) is 59.4 cm³/mol. The molecule has 2 heteroatoms. The summed E-state index contributed by atoms with van der Waals surface area (Å²) in [4.78, 5) is 11.8. The Bertz CT molecular complexity index is 185. The molecule has 0 saturated carbocycles. The zero-order valence-corrected chi connectivity index (χ0v) is 10.4. The summed E-state index contributed by atoms with van der Waals surface area (Å²) in [7, 11) is 1.61. The van der Waals surface area contributed by atoms with Gasteiger partial charge in [0.15, 0.2) is 5.78 Å². The summed E-state index contributed by atoms with van der Waals surface area (Å²) in [5.74, 6) is 0.220. The first-order chi connectivity index (χ1) is 6.25. The predicted octanol–water partition coefficient (Wildman–Crippen LogP) is 3.20. The van der Waals surface area contributed by atoms with Gasteiger partial charge in [-0.2, -0.15) is 0 Å². The Balaban J connectivity index is 4.20. The first-order valence-corrected chi connectivity index (χ1v) is 5.33. The van der Waals surface area contributed by atoms with E-state index in [2.05, 4.69) is 20.8 Å². The van der Waals surface area contributed by atoms with E-state index in [0.717, 1.165) is 12.8 Å². The van der Waals surface area contributed by atoms with Gasteiger partial charge in [0.05, 0.1) is 0 Å². The third-order valence-electron chi connectivity index (χ3n) is 2.82. The van der Waals surface area contributed by atoms with E-state index in [1.165, 1.54) is 0 Å². The number of ketones is 1. The number of Topliss-reactive ketones (excluding diaryl/α,β-unsaturated/α-hetero) is 1. The summed E-state index contributed by atoms with van der Waals surface area (Å²) in [6, 6.07) is 0. The van der Waals surface area contributed by atoms with Crippen molar-refractivity contribution in [2.24, 2.45) is 5.41 Å². The van der Waals surface area contributed by atoms with Gasteiger partial charge in [-0.15, -0.1) is 0 Å². The highest BCUT2D eigenvalue weighted by Crippen LogP contribution is 2.25. The smallest absolute Gasteiger partial charge is 0.164 e. The van der Waals surface area contributed by atoms with Gasteiger partial charge in [0.2, 0.25) is 0 Å². The number of hydrogen-bond donors (Lipinski definition) is 0. The van der Waals surface area contributed by atoms with Crippen molar-refractivity contribution in [3.05, 3.63) is 0 Å². The first kappa shape index (κ1) is 13.6. The molecule has 0 radical (unpaired) electrons. The maximum atomic E-state index is 11.8. The van der Waals surface area contributed by atoms with Crippen LogP contribution in [0.15, 0.2) is 0 Å². The monoisotopic (exact) mass is 200 g/mol. The topological polar surface area (TPSA) is 26.3 Å².